The Kier molecular flexibility index (Phi) is 1.58. The summed E-state index contributed by atoms with van der Waals surface area (Å²) in [6.45, 7) is 0. The number of hydrogen-bond donors (Lipinski definition) is 3. The number of aliphatic hydroxyl groups excluding tert-OH is 3. The van der Waals surface area contributed by atoms with E-state index >= 15 is 0 Å². The summed E-state index contributed by atoms with van der Waals surface area (Å²) in [5.74, 6) is -0.747. The van der Waals surface area contributed by atoms with Crippen molar-refractivity contribution in [2.45, 2.75) is 30.7 Å². The molecule has 0 unspecified atom stereocenters. The molecule has 3 N–H and O–H groups in total. The van der Waals surface area contributed by atoms with E-state index in [1.807, 2.05) is 0 Å². The topological polar surface area (TPSA) is 96.2 Å². The van der Waals surface area contributed by atoms with Crippen molar-refractivity contribution in [3.05, 3.63) is 0 Å². The fourth-order valence-corrected chi connectivity index (χ4v) is 1.38. The average Bonchev–Trinajstić information content (AvgIpc) is 2.23. The van der Waals surface area contributed by atoms with Crippen LogP contribution in [0.3, 0.4) is 0 Å². The Morgan fingerprint density at radius 3 is 2.50 bits per heavy atom. The molecule has 6 nitrogen and oxygen atoms in total. The van der Waals surface area contributed by atoms with Crippen molar-refractivity contribution in [2.75, 3.05) is 0 Å². The van der Waals surface area contributed by atoms with Gasteiger partial charge in [-0.15, -0.1) is 0 Å². The van der Waals surface area contributed by atoms with E-state index in [1.54, 1.807) is 0 Å². The quantitative estimate of drug-likeness (QED) is 0.349. The molecule has 0 aromatic rings. The lowest BCUT2D eigenvalue weighted by molar-refractivity contribution is -0.242. The van der Waals surface area contributed by atoms with Gasteiger partial charge in [0.15, 0.2) is 18.5 Å². The molecule has 2 fully saturated rings. The van der Waals surface area contributed by atoms with Crippen molar-refractivity contribution < 1.29 is 29.6 Å². The number of aliphatic hydroxyl groups is 3. The van der Waals surface area contributed by atoms with Crippen molar-refractivity contribution in [3.63, 3.8) is 0 Å². The fraction of sp³-hybridized carbons (Fsp3) is 0.833. The molecule has 0 aliphatic carbocycles. The van der Waals surface area contributed by atoms with Crippen molar-refractivity contribution in [3.8, 4) is 0 Å². The molecule has 2 saturated heterocycles. The summed E-state index contributed by atoms with van der Waals surface area (Å²) in [5, 5.41) is 27.3. The highest BCUT2D eigenvalue weighted by molar-refractivity contribution is 5.78. The maximum absolute atomic E-state index is 10.8. The van der Waals surface area contributed by atoms with E-state index in [4.69, 9.17) is 10.2 Å². The minimum absolute atomic E-state index is 0.747. The predicted molar refractivity (Wildman–Crippen MR) is 32.8 cm³/mol. The molecular formula is C6H8O6. The maximum Gasteiger partial charge on any atom is 0.338 e. The summed E-state index contributed by atoms with van der Waals surface area (Å²) < 4.78 is 9.15. The lowest BCUT2D eigenvalue weighted by Gasteiger charge is -2.30. The third-order valence-electron chi connectivity index (χ3n) is 2.05. The van der Waals surface area contributed by atoms with Gasteiger partial charge >= 0.3 is 5.97 Å². The van der Waals surface area contributed by atoms with Crippen molar-refractivity contribution in [1.29, 1.82) is 0 Å². The number of carbonyl (C=O) groups is 1. The smallest absolute Gasteiger partial charge is 0.338 e. The van der Waals surface area contributed by atoms with Gasteiger partial charge in [-0.2, -0.15) is 0 Å². The first-order chi connectivity index (χ1) is 5.61. The van der Waals surface area contributed by atoms with Gasteiger partial charge in [-0.25, -0.2) is 4.79 Å². The molecule has 0 radical (unpaired) electrons. The second-order valence-corrected chi connectivity index (χ2v) is 2.83. The lowest BCUT2D eigenvalue weighted by atomic mass is 10.0. The Balaban J connectivity index is 2.25. The van der Waals surface area contributed by atoms with Crippen LogP contribution in [0.4, 0.5) is 0 Å². The van der Waals surface area contributed by atoms with Crippen molar-refractivity contribution >= 4 is 5.97 Å². The van der Waals surface area contributed by atoms with Crippen molar-refractivity contribution in [1.82, 2.24) is 0 Å². The van der Waals surface area contributed by atoms with Gasteiger partial charge in [-0.3, -0.25) is 0 Å². The molecule has 2 rings (SSSR count). The molecule has 2 heterocycles. The van der Waals surface area contributed by atoms with Crippen LogP contribution in [-0.2, 0) is 14.3 Å². The van der Waals surface area contributed by atoms with Gasteiger partial charge in [-0.1, -0.05) is 0 Å². The Morgan fingerprint density at radius 2 is 1.83 bits per heavy atom. The van der Waals surface area contributed by atoms with Crippen LogP contribution in [0.15, 0.2) is 0 Å². The van der Waals surface area contributed by atoms with E-state index in [1.165, 1.54) is 0 Å². The molecule has 5 atom stereocenters. The van der Waals surface area contributed by atoms with Crippen LogP contribution >= 0.6 is 0 Å². The number of carbonyl (C=O) groups excluding carboxylic acids is 1. The van der Waals surface area contributed by atoms with Gasteiger partial charge in [-0.05, 0) is 0 Å². The Labute approximate surface area is 67.3 Å². The molecule has 68 valence electrons. The van der Waals surface area contributed by atoms with Gasteiger partial charge in [0.2, 0.25) is 0 Å². The minimum Gasteiger partial charge on any atom is -0.454 e. The second-order valence-electron chi connectivity index (χ2n) is 2.83. The minimum atomic E-state index is -1.46. The number of esters is 1. The zero-order chi connectivity index (χ0) is 8.88. The molecule has 0 aromatic carbocycles. The summed E-state index contributed by atoms with van der Waals surface area (Å²) in [5.41, 5.74) is 0. The predicted octanol–water partition coefficient (Wildman–Crippen LogP) is -2.65. The third kappa shape index (κ3) is 0.862. The highest BCUT2D eigenvalue weighted by Gasteiger charge is 2.55. The van der Waals surface area contributed by atoms with Gasteiger partial charge < -0.3 is 24.8 Å². The maximum atomic E-state index is 10.8. The van der Waals surface area contributed by atoms with Crippen LogP contribution in [0.25, 0.3) is 0 Å². The fourth-order valence-electron chi connectivity index (χ4n) is 1.38. The molecule has 0 aromatic heterocycles. The number of hydrogen-bond acceptors (Lipinski definition) is 6. The average molecular weight is 176 g/mol. The van der Waals surface area contributed by atoms with Crippen LogP contribution in [0.5, 0.6) is 0 Å². The summed E-state index contributed by atoms with van der Waals surface area (Å²) in [4.78, 5) is 10.8. The largest absolute Gasteiger partial charge is 0.454 e. The van der Waals surface area contributed by atoms with E-state index in [9.17, 15) is 9.90 Å². The lowest BCUT2D eigenvalue weighted by Crippen LogP contribution is -2.53. The summed E-state index contributed by atoms with van der Waals surface area (Å²) in [6, 6.07) is 0. The van der Waals surface area contributed by atoms with E-state index in [0.717, 1.165) is 0 Å². The van der Waals surface area contributed by atoms with Crippen LogP contribution in [0, 0.1) is 0 Å². The van der Waals surface area contributed by atoms with Gasteiger partial charge in [0.25, 0.3) is 0 Å². The summed E-state index contributed by atoms with van der Waals surface area (Å²) >= 11 is 0. The van der Waals surface area contributed by atoms with Crippen LogP contribution < -0.4 is 0 Å². The first-order valence-electron chi connectivity index (χ1n) is 3.51. The number of ether oxygens (including phenoxy) is 2. The highest BCUT2D eigenvalue weighted by atomic mass is 16.7. The molecule has 2 aliphatic heterocycles. The van der Waals surface area contributed by atoms with Crippen molar-refractivity contribution in [2.24, 2.45) is 0 Å². The SMILES string of the molecule is O=C1O[C@H]2[C@@H](O)[C@@H](O)O[C@@H]1[C@H]2O. The standard InChI is InChI=1S/C6H8O6/c7-1-3-2(8)5(9)12-4(1)6(10)11-3/h1-5,7-9H/t1-,2+,3+,4+,5-/m0/s1. The van der Waals surface area contributed by atoms with Crippen LogP contribution in [0.1, 0.15) is 0 Å². The van der Waals surface area contributed by atoms with E-state index in [-0.39, 0.29) is 0 Å². The number of rotatable bonds is 0. The molecule has 2 bridgehead atoms. The molecule has 2 aliphatic rings. The molecule has 0 amide bonds. The second kappa shape index (κ2) is 2.40. The van der Waals surface area contributed by atoms with Gasteiger partial charge in [0.1, 0.15) is 12.2 Å². The molecular weight excluding hydrogens is 168 g/mol. The van der Waals surface area contributed by atoms with Gasteiger partial charge in [0, 0.05) is 0 Å². The molecule has 12 heavy (non-hydrogen) atoms. The summed E-state index contributed by atoms with van der Waals surface area (Å²) in [7, 11) is 0. The Hall–Kier alpha value is -0.690. The molecule has 0 saturated carbocycles. The number of fused-ring (bicyclic) bond motifs is 2. The van der Waals surface area contributed by atoms with Gasteiger partial charge in [0.05, 0.1) is 0 Å². The highest BCUT2D eigenvalue weighted by Crippen LogP contribution is 2.29. The monoisotopic (exact) mass is 176 g/mol. The van der Waals surface area contributed by atoms with Crippen LogP contribution in [0.2, 0.25) is 0 Å². The zero-order valence-corrected chi connectivity index (χ0v) is 5.95. The van der Waals surface area contributed by atoms with Crippen LogP contribution in [-0.4, -0.2) is 52.0 Å². The normalized spacial score (nSPS) is 52.2. The first kappa shape index (κ1) is 7.93. The summed E-state index contributed by atoms with van der Waals surface area (Å²) in [6.07, 6.45) is -6.24. The van der Waals surface area contributed by atoms with E-state index < -0.39 is 36.7 Å². The first-order valence-corrected chi connectivity index (χ1v) is 3.51. The zero-order valence-electron chi connectivity index (χ0n) is 5.95. The Bertz CT molecular complexity index is 216. The van der Waals surface area contributed by atoms with E-state index in [0.29, 0.717) is 0 Å². The molecule has 6 heteroatoms. The third-order valence-corrected chi connectivity index (χ3v) is 2.05. The van der Waals surface area contributed by atoms with E-state index in [2.05, 4.69) is 9.47 Å². The molecule has 0 spiro atoms. The Morgan fingerprint density at radius 1 is 1.17 bits per heavy atom.